The van der Waals surface area contributed by atoms with Crippen molar-refractivity contribution in [3.63, 3.8) is 0 Å². The molecule has 2 heterocycles. The number of carbonyl (C=O) groups is 1. The SMILES string of the molecule is O=C(N[C@@H]1CC2(CCCC2)Oc2ccccc21)[C@@H]1CCOC1. The van der Waals surface area contributed by atoms with Gasteiger partial charge in [0.1, 0.15) is 11.4 Å². The summed E-state index contributed by atoms with van der Waals surface area (Å²) in [5.41, 5.74) is 1.05. The zero-order chi connectivity index (χ0) is 15.0. The number of ether oxygens (including phenoxy) is 2. The van der Waals surface area contributed by atoms with E-state index >= 15 is 0 Å². The van der Waals surface area contributed by atoms with E-state index < -0.39 is 0 Å². The zero-order valence-corrected chi connectivity index (χ0v) is 12.8. The molecule has 4 rings (SSSR count). The molecule has 3 aliphatic rings. The third-order valence-corrected chi connectivity index (χ3v) is 5.33. The van der Waals surface area contributed by atoms with E-state index in [9.17, 15) is 4.79 Å². The molecule has 2 aliphatic heterocycles. The lowest BCUT2D eigenvalue weighted by molar-refractivity contribution is -0.126. The topological polar surface area (TPSA) is 47.6 Å². The van der Waals surface area contributed by atoms with E-state index in [4.69, 9.17) is 9.47 Å². The molecule has 2 fully saturated rings. The van der Waals surface area contributed by atoms with Crippen LogP contribution in [-0.4, -0.2) is 24.7 Å². The summed E-state index contributed by atoms with van der Waals surface area (Å²) in [4.78, 5) is 12.5. The van der Waals surface area contributed by atoms with Crippen LogP contribution in [0, 0.1) is 5.92 Å². The maximum atomic E-state index is 12.5. The average Bonchev–Trinajstić information content (AvgIpc) is 3.19. The Balaban J connectivity index is 1.58. The molecule has 1 aromatic rings. The predicted octanol–water partition coefficient (Wildman–Crippen LogP) is 2.98. The summed E-state index contributed by atoms with van der Waals surface area (Å²) < 4.78 is 11.7. The zero-order valence-electron chi connectivity index (χ0n) is 12.8. The van der Waals surface area contributed by atoms with Crippen molar-refractivity contribution < 1.29 is 14.3 Å². The quantitative estimate of drug-likeness (QED) is 0.913. The minimum absolute atomic E-state index is 0.00883. The Morgan fingerprint density at radius 2 is 2.05 bits per heavy atom. The minimum atomic E-state index is -0.0710. The Hall–Kier alpha value is -1.55. The molecule has 0 unspecified atom stereocenters. The van der Waals surface area contributed by atoms with Crippen LogP contribution < -0.4 is 10.1 Å². The van der Waals surface area contributed by atoms with Gasteiger partial charge in [0, 0.05) is 18.6 Å². The van der Waals surface area contributed by atoms with Crippen LogP contribution in [0.15, 0.2) is 24.3 Å². The Bertz CT molecular complexity index is 559. The van der Waals surface area contributed by atoms with E-state index in [1.54, 1.807) is 0 Å². The third-order valence-electron chi connectivity index (χ3n) is 5.33. The van der Waals surface area contributed by atoms with Crippen LogP contribution in [-0.2, 0) is 9.53 Å². The predicted molar refractivity (Wildman–Crippen MR) is 82.7 cm³/mol. The van der Waals surface area contributed by atoms with Gasteiger partial charge in [0.2, 0.25) is 5.91 Å². The first-order chi connectivity index (χ1) is 10.8. The van der Waals surface area contributed by atoms with Gasteiger partial charge < -0.3 is 14.8 Å². The first-order valence-electron chi connectivity index (χ1n) is 8.42. The first kappa shape index (κ1) is 14.1. The van der Waals surface area contributed by atoms with E-state index in [1.165, 1.54) is 12.8 Å². The number of fused-ring (bicyclic) bond motifs is 1. The van der Waals surface area contributed by atoms with Crippen LogP contribution in [0.4, 0.5) is 0 Å². The molecule has 22 heavy (non-hydrogen) atoms. The van der Waals surface area contributed by atoms with Crippen molar-refractivity contribution in [1.82, 2.24) is 5.32 Å². The van der Waals surface area contributed by atoms with Crippen LogP contribution in [0.2, 0.25) is 0 Å². The fourth-order valence-corrected chi connectivity index (χ4v) is 4.10. The average molecular weight is 301 g/mol. The normalized spacial score (nSPS) is 29.1. The molecule has 4 heteroatoms. The van der Waals surface area contributed by atoms with Gasteiger partial charge in [-0.15, -0.1) is 0 Å². The Morgan fingerprint density at radius 1 is 1.23 bits per heavy atom. The number of hydrogen-bond acceptors (Lipinski definition) is 3. The minimum Gasteiger partial charge on any atom is -0.487 e. The van der Waals surface area contributed by atoms with Gasteiger partial charge in [-0.05, 0) is 38.2 Å². The van der Waals surface area contributed by atoms with Gasteiger partial charge in [-0.1, -0.05) is 18.2 Å². The van der Waals surface area contributed by atoms with Crippen LogP contribution in [0.1, 0.15) is 50.1 Å². The lowest BCUT2D eigenvalue weighted by Gasteiger charge is -2.40. The number of nitrogens with one attached hydrogen (secondary N) is 1. The van der Waals surface area contributed by atoms with Crippen molar-refractivity contribution in [2.75, 3.05) is 13.2 Å². The van der Waals surface area contributed by atoms with Crippen molar-refractivity contribution in [2.45, 2.75) is 50.2 Å². The second-order valence-electron chi connectivity index (χ2n) is 6.86. The second kappa shape index (κ2) is 5.58. The maximum absolute atomic E-state index is 12.5. The molecule has 4 nitrogen and oxygen atoms in total. The molecule has 0 radical (unpaired) electrons. The highest BCUT2D eigenvalue weighted by Crippen LogP contribution is 2.47. The summed E-state index contributed by atoms with van der Waals surface area (Å²) in [6.07, 6.45) is 6.37. The molecular weight excluding hydrogens is 278 g/mol. The molecule has 1 saturated heterocycles. The van der Waals surface area contributed by atoms with E-state index in [2.05, 4.69) is 11.4 Å². The molecule has 2 atom stereocenters. The molecule has 1 spiro atoms. The summed E-state index contributed by atoms with van der Waals surface area (Å²) in [6, 6.07) is 8.21. The Labute approximate surface area is 131 Å². The number of carbonyl (C=O) groups excluding carboxylic acids is 1. The third kappa shape index (κ3) is 2.50. The molecule has 1 N–H and O–H groups in total. The van der Waals surface area contributed by atoms with Gasteiger partial charge in [-0.25, -0.2) is 0 Å². The van der Waals surface area contributed by atoms with Crippen molar-refractivity contribution in [3.8, 4) is 5.75 Å². The van der Waals surface area contributed by atoms with Gasteiger partial charge in [-0.2, -0.15) is 0 Å². The van der Waals surface area contributed by atoms with E-state index in [0.29, 0.717) is 13.2 Å². The van der Waals surface area contributed by atoms with E-state index in [0.717, 1.165) is 37.0 Å². The number of hydrogen-bond donors (Lipinski definition) is 1. The summed E-state index contributed by atoms with van der Waals surface area (Å²) >= 11 is 0. The number of rotatable bonds is 2. The fourth-order valence-electron chi connectivity index (χ4n) is 4.10. The lowest BCUT2D eigenvalue weighted by atomic mass is 9.85. The highest BCUT2D eigenvalue weighted by molar-refractivity contribution is 5.79. The smallest absolute Gasteiger partial charge is 0.226 e. The summed E-state index contributed by atoms with van der Waals surface area (Å²) in [6.45, 7) is 1.26. The largest absolute Gasteiger partial charge is 0.487 e. The van der Waals surface area contributed by atoms with E-state index in [1.807, 2.05) is 18.2 Å². The number of benzene rings is 1. The molecule has 1 amide bonds. The highest BCUT2D eigenvalue weighted by atomic mass is 16.5. The van der Waals surface area contributed by atoms with Gasteiger partial charge in [0.15, 0.2) is 0 Å². The summed E-state index contributed by atoms with van der Waals surface area (Å²) in [7, 11) is 0. The Morgan fingerprint density at radius 3 is 2.82 bits per heavy atom. The van der Waals surface area contributed by atoms with Crippen LogP contribution >= 0.6 is 0 Å². The van der Waals surface area contributed by atoms with Crippen LogP contribution in [0.5, 0.6) is 5.75 Å². The lowest BCUT2D eigenvalue weighted by Crippen LogP contribution is -2.44. The summed E-state index contributed by atoms with van der Waals surface area (Å²) in [5.74, 6) is 1.09. The van der Waals surface area contributed by atoms with Crippen molar-refractivity contribution >= 4 is 5.91 Å². The fraction of sp³-hybridized carbons (Fsp3) is 0.611. The monoisotopic (exact) mass is 301 g/mol. The number of para-hydroxylation sites is 1. The van der Waals surface area contributed by atoms with Crippen LogP contribution in [0.25, 0.3) is 0 Å². The Kier molecular flexibility index (Phi) is 3.57. The molecule has 0 aromatic heterocycles. The van der Waals surface area contributed by atoms with Gasteiger partial charge in [-0.3, -0.25) is 4.79 Å². The summed E-state index contributed by atoms with van der Waals surface area (Å²) in [5, 5.41) is 3.27. The standard InChI is InChI=1S/C18H23NO3/c20-17(13-7-10-21-12-13)19-15-11-18(8-3-4-9-18)22-16-6-2-1-5-14(15)16/h1-2,5-6,13,15H,3-4,7-12H2,(H,19,20)/t13-,15-/m1/s1. The van der Waals surface area contributed by atoms with Crippen molar-refractivity contribution in [2.24, 2.45) is 5.92 Å². The molecule has 118 valence electrons. The molecule has 1 aromatic carbocycles. The van der Waals surface area contributed by atoms with Crippen molar-refractivity contribution in [3.05, 3.63) is 29.8 Å². The number of amides is 1. The second-order valence-corrected chi connectivity index (χ2v) is 6.86. The highest BCUT2D eigenvalue weighted by Gasteiger charge is 2.43. The maximum Gasteiger partial charge on any atom is 0.226 e. The van der Waals surface area contributed by atoms with Crippen LogP contribution in [0.3, 0.4) is 0 Å². The molecule has 1 aliphatic carbocycles. The van der Waals surface area contributed by atoms with E-state index in [-0.39, 0.29) is 23.5 Å². The molecular formula is C18H23NO3. The van der Waals surface area contributed by atoms with Gasteiger partial charge in [0.05, 0.1) is 18.6 Å². The van der Waals surface area contributed by atoms with Gasteiger partial charge in [0.25, 0.3) is 0 Å². The van der Waals surface area contributed by atoms with Crippen molar-refractivity contribution in [1.29, 1.82) is 0 Å². The van der Waals surface area contributed by atoms with Gasteiger partial charge >= 0.3 is 0 Å². The first-order valence-corrected chi connectivity index (χ1v) is 8.42. The molecule has 1 saturated carbocycles. The molecule has 0 bridgehead atoms.